The van der Waals surface area contributed by atoms with Gasteiger partial charge < -0.3 is 20.4 Å². The number of aliphatic imine (C=N–C) groups is 1. The van der Waals surface area contributed by atoms with Gasteiger partial charge in [0.25, 0.3) is 0 Å². The van der Waals surface area contributed by atoms with Crippen LogP contribution in [-0.4, -0.2) is 70.8 Å². The van der Waals surface area contributed by atoms with E-state index >= 15 is 0 Å². The molecule has 3 rings (SSSR count). The maximum Gasteiger partial charge on any atom is 0.191 e. The van der Waals surface area contributed by atoms with Crippen molar-refractivity contribution in [1.82, 2.24) is 20.5 Å². The molecule has 0 spiro atoms. The summed E-state index contributed by atoms with van der Waals surface area (Å²) in [5, 5.41) is 6.66. The summed E-state index contributed by atoms with van der Waals surface area (Å²) in [6.07, 6.45) is 3.07. The number of anilines is 1. The molecule has 2 aromatic rings. The molecule has 1 fully saturated rings. The van der Waals surface area contributed by atoms with Crippen LogP contribution in [0.4, 0.5) is 5.82 Å². The van der Waals surface area contributed by atoms with E-state index in [9.17, 15) is 8.42 Å². The van der Waals surface area contributed by atoms with E-state index in [-0.39, 0.29) is 0 Å². The van der Waals surface area contributed by atoms with E-state index in [0.29, 0.717) is 23.9 Å². The zero-order valence-electron chi connectivity index (χ0n) is 18.7. The molecule has 1 aliphatic heterocycles. The van der Waals surface area contributed by atoms with Gasteiger partial charge in [-0.25, -0.2) is 13.4 Å². The summed E-state index contributed by atoms with van der Waals surface area (Å²) < 4.78 is 23.6. The van der Waals surface area contributed by atoms with Crippen LogP contribution in [0.1, 0.15) is 16.7 Å². The number of nitrogens with one attached hydrogen (secondary N) is 2. The summed E-state index contributed by atoms with van der Waals surface area (Å²) in [5.41, 5.74) is 2.87. The third kappa shape index (κ3) is 6.18. The van der Waals surface area contributed by atoms with Crippen molar-refractivity contribution < 1.29 is 8.42 Å². The van der Waals surface area contributed by atoms with E-state index in [2.05, 4.69) is 43.5 Å². The van der Waals surface area contributed by atoms with Crippen LogP contribution in [0.3, 0.4) is 0 Å². The lowest BCUT2D eigenvalue weighted by Gasteiger charge is -2.34. The van der Waals surface area contributed by atoms with E-state index in [1.165, 1.54) is 6.26 Å². The monoisotopic (exact) mass is 444 g/mol. The average Bonchev–Trinajstić information content (AvgIpc) is 2.74. The highest BCUT2D eigenvalue weighted by molar-refractivity contribution is 7.90. The molecule has 0 amide bonds. The van der Waals surface area contributed by atoms with Gasteiger partial charge in [-0.15, -0.1) is 0 Å². The number of nitrogens with zero attached hydrogens (tertiary/aromatic N) is 4. The first kappa shape index (κ1) is 23.0. The zero-order valence-corrected chi connectivity index (χ0v) is 19.5. The fourth-order valence-corrected chi connectivity index (χ4v) is 4.65. The first-order valence-corrected chi connectivity index (χ1v) is 12.3. The predicted octanol–water partition coefficient (Wildman–Crippen LogP) is 1.41. The number of guanidine groups is 1. The summed E-state index contributed by atoms with van der Waals surface area (Å²) in [7, 11) is 0.666. The molecule has 2 N–H and O–H groups in total. The number of hydrogen-bond donors (Lipinski definition) is 2. The molecule has 9 heteroatoms. The summed E-state index contributed by atoms with van der Waals surface area (Å²) in [4.78, 5) is 14.0. The second kappa shape index (κ2) is 10.1. The fourth-order valence-electron chi connectivity index (χ4n) is 3.69. The van der Waals surface area contributed by atoms with Gasteiger partial charge >= 0.3 is 0 Å². The largest absolute Gasteiger partial charge is 0.354 e. The van der Waals surface area contributed by atoms with Crippen molar-refractivity contribution in [1.29, 1.82) is 0 Å². The SMILES string of the molecule is CN=C(NCc1ccc(S(C)(=O)=O)c(C)c1)NCc1cccnc1N1CCN(C)CC1. The Bertz CT molecular complexity index is 1030. The molecule has 0 aliphatic carbocycles. The van der Waals surface area contributed by atoms with Crippen LogP contribution in [0.2, 0.25) is 0 Å². The Hall–Kier alpha value is -2.65. The first-order valence-electron chi connectivity index (χ1n) is 10.4. The second-order valence-corrected chi connectivity index (χ2v) is 9.91. The lowest BCUT2D eigenvalue weighted by atomic mass is 10.1. The third-order valence-corrected chi connectivity index (χ3v) is 6.70. The van der Waals surface area contributed by atoms with Gasteiger partial charge in [-0.2, -0.15) is 0 Å². The standard InChI is InChI=1S/C22H32N6O2S/c1-17-14-18(7-8-20(17)31(4,29)30)15-25-22(23-2)26-16-19-6-5-9-24-21(19)28-12-10-27(3)11-13-28/h5-9,14H,10-13,15-16H2,1-4H3,(H2,23,25,26). The number of hydrogen-bond acceptors (Lipinski definition) is 6. The van der Waals surface area contributed by atoms with Crippen molar-refractivity contribution in [2.45, 2.75) is 24.9 Å². The lowest BCUT2D eigenvalue weighted by molar-refractivity contribution is 0.312. The Balaban J connectivity index is 1.60. The minimum Gasteiger partial charge on any atom is -0.354 e. The van der Waals surface area contributed by atoms with E-state index in [1.807, 2.05) is 31.3 Å². The minimum atomic E-state index is -3.21. The third-order valence-electron chi connectivity index (χ3n) is 5.44. The van der Waals surface area contributed by atoms with E-state index in [4.69, 9.17) is 0 Å². The van der Waals surface area contributed by atoms with Crippen LogP contribution in [0.5, 0.6) is 0 Å². The van der Waals surface area contributed by atoms with Crippen LogP contribution in [-0.2, 0) is 22.9 Å². The van der Waals surface area contributed by atoms with Crippen molar-refractivity contribution in [2.75, 3.05) is 51.4 Å². The van der Waals surface area contributed by atoms with E-state index in [0.717, 1.165) is 48.7 Å². The molecule has 0 atom stereocenters. The van der Waals surface area contributed by atoms with Crippen molar-refractivity contribution in [3.63, 3.8) is 0 Å². The summed E-state index contributed by atoms with van der Waals surface area (Å²) in [6.45, 7) is 6.97. The molecule has 1 aliphatic rings. The number of likely N-dealkylation sites (N-methyl/N-ethyl adjacent to an activating group) is 1. The molecule has 0 saturated carbocycles. The molecule has 0 bridgehead atoms. The Morgan fingerprint density at radius 2 is 1.84 bits per heavy atom. The predicted molar refractivity (Wildman–Crippen MR) is 125 cm³/mol. The molecule has 31 heavy (non-hydrogen) atoms. The van der Waals surface area contributed by atoms with Gasteiger partial charge in [0.1, 0.15) is 5.82 Å². The van der Waals surface area contributed by atoms with Gasteiger partial charge in [0.05, 0.1) is 4.90 Å². The van der Waals surface area contributed by atoms with Crippen molar-refractivity contribution in [3.8, 4) is 0 Å². The van der Waals surface area contributed by atoms with E-state index < -0.39 is 9.84 Å². The van der Waals surface area contributed by atoms with Gasteiger partial charge in [0, 0.05) is 64.3 Å². The number of sulfone groups is 1. The molecule has 168 valence electrons. The number of pyridine rings is 1. The molecule has 8 nitrogen and oxygen atoms in total. The smallest absolute Gasteiger partial charge is 0.191 e. The Morgan fingerprint density at radius 1 is 1.13 bits per heavy atom. The van der Waals surface area contributed by atoms with Crippen molar-refractivity contribution in [3.05, 3.63) is 53.2 Å². The highest BCUT2D eigenvalue weighted by atomic mass is 32.2. The minimum absolute atomic E-state index is 0.367. The maximum absolute atomic E-state index is 11.8. The lowest BCUT2D eigenvalue weighted by Crippen LogP contribution is -2.45. The molecule has 2 heterocycles. The zero-order chi connectivity index (χ0) is 22.4. The maximum atomic E-state index is 11.8. The molecule has 1 saturated heterocycles. The highest BCUT2D eigenvalue weighted by Crippen LogP contribution is 2.19. The van der Waals surface area contributed by atoms with Gasteiger partial charge in [0.15, 0.2) is 15.8 Å². The number of aryl methyl sites for hydroxylation is 1. The molecule has 1 aromatic heterocycles. The van der Waals surface area contributed by atoms with Crippen LogP contribution in [0, 0.1) is 6.92 Å². The fraction of sp³-hybridized carbons (Fsp3) is 0.455. The van der Waals surface area contributed by atoms with Gasteiger partial charge in [-0.1, -0.05) is 18.2 Å². The van der Waals surface area contributed by atoms with Crippen molar-refractivity contribution >= 4 is 21.6 Å². The van der Waals surface area contributed by atoms with Crippen LogP contribution in [0.25, 0.3) is 0 Å². The number of rotatable bonds is 6. The highest BCUT2D eigenvalue weighted by Gasteiger charge is 2.18. The number of benzene rings is 1. The molecule has 1 aromatic carbocycles. The van der Waals surface area contributed by atoms with Crippen LogP contribution in [0.15, 0.2) is 46.4 Å². The van der Waals surface area contributed by atoms with Gasteiger partial charge in [-0.3, -0.25) is 4.99 Å². The molecular formula is C22H32N6O2S. The topological polar surface area (TPSA) is 89.9 Å². The van der Waals surface area contributed by atoms with Crippen LogP contribution < -0.4 is 15.5 Å². The Kier molecular flexibility index (Phi) is 7.50. The second-order valence-electron chi connectivity index (χ2n) is 7.93. The van der Waals surface area contributed by atoms with Gasteiger partial charge in [0.2, 0.25) is 0 Å². The average molecular weight is 445 g/mol. The quantitative estimate of drug-likeness (QED) is 0.514. The number of piperazine rings is 1. The normalized spacial score (nSPS) is 15.7. The molecular weight excluding hydrogens is 412 g/mol. The molecule has 0 radical (unpaired) electrons. The van der Waals surface area contributed by atoms with Gasteiger partial charge in [-0.05, 0) is 37.2 Å². The van der Waals surface area contributed by atoms with Crippen LogP contribution >= 0.6 is 0 Å². The van der Waals surface area contributed by atoms with Crippen molar-refractivity contribution in [2.24, 2.45) is 4.99 Å². The Morgan fingerprint density at radius 3 is 2.48 bits per heavy atom. The summed E-state index contributed by atoms with van der Waals surface area (Å²) >= 11 is 0. The molecule has 0 unspecified atom stereocenters. The summed E-state index contributed by atoms with van der Waals surface area (Å²) in [5.74, 6) is 1.70. The Labute approximate surface area is 185 Å². The van der Waals surface area contributed by atoms with E-state index in [1.54, 1.807) is 13.1 Å². The first-order chi connectivity index (χ1) is 14.8. The number of aromatic nitrogens is 1. The summed E-state index contributed by atoms with van der Waals surface area (Å²) in [6, 6.07) is 9.43.